The summed E-state index contributed by atoms with van der Waals surface area (Å²) in [5.41, 5.74) is 6.21. The summed E-state index contributed by atoms with van der Waals surface area (Å²) in [6.07, 6.45) is 1.93. The molecule has 0 unspecified atom stereocenters. The molecule has 6 heteroatoms. The largest absolute Gasteiger partial charge is 0.360 e. The van der Waals surface area contributed by atoms with Crippen molar-refractivity contribution in [2.75, 3.05) is 0 Å². The number of para-hydroxylation sites is 1. The number of aromatic nitrogens is 3. The van der Waals surface area contributed by atoms with Gasteiger partial charge in [0.1, 0.15) is 5.82 Å². The number of H-pyrrole nitrogens is 2. The molecule has 2 aromatic heterocycles. The number of aryl methyl sites for hydroxylation is 1. The molecule has 5 aromatic rings. The third kappa shape index (κ3) is 2.95. The zero-order valence-electron chi connectivity index (χ0n) is 16.2. The molecule has 0 fully saturated rings. The Morgan fingerprint density at radius 1 is 0.933 bits per heavy atom. The van der Waals surface area contributed by atoms with Crippen molar-refractivity contribution in [1.29, 1.82) is 0 Å². The number of nitro benzene ring substituents is 1. The molecular formula is C24H18N4O2. The van der Waals surface area contributed by atoms with Gasteiger partial charge in [0, 0.05) is 45.9 Å². The van der Waals surface area contributed by atoms with Gasteiger partial charge in [0.05, 0.1) is 16.3 Å². The van der Waals surface area contributed by atoms with Gasteiger partial charge < -0.3 is 9.97 Å². The Morgan fingerprint density at radius 3 is 2.50 bits per heavy atom. The first-order valence-corrected chi connectivity index (χ1v) is 9.59. The maximum atomic E-state index is 11.4. The molecule has 2 heterocycles. The second kappa shape index (κ2) is 7.00. The number of nitrogens with one attached hydrogen (secondary N) is 2. The summed E-state index contributed by atoms with van der Waals surface area (Å²) in [6, 6.07) is 22.8. The number of nitrogens with zero attached hydrogens (tertiary/aromatic N) is 2. The van der Waals surface area contributed by atoms with E-state index in [1.54, 1.807) is 12.1 Å². The van der Waals surface area contributed by atoms with Crippen LogP contribution in [0.15, 0.2) is 79.0 Å². The monoisotopic (exact) mass is 394 g/mol. The zero-order chi connectivity index (χ0) is 20.7. The molecule has 0 amide bonds. The Bertz CT molecular complexity index is 1380. The number of aromatic amines is 2. The van der Waals surface area contributed by atoms with E-state index in [-0.39, 0.29) is 10.6 Å². The SMILES string of the molecule is Cc1ccc([N+](=O)[O-])cc1-c1[nH]c(-c2c[nH]c3ccccc23)nc1-c1ccccc1. The van der Waals surface area contributed by atoms with Crippen LogP contribution in [-0.2, 0) is 0 Å². The van der Waals surface area contributed by atoms with Gasteiger partial charge in [-0.3, -0.25) is 10.1 Å². The molecule has 0 aliphatic heterocycles. The molecule has 2 N–H and O–H groups in total. The minimum absolute atomic E-state index is 0.0536. The highest BCUT2D eigenvalue weighted by atomic mass is 16.6. The zero-order valence-corrected chi connectivity index (χ0v) is 16.2. The topological polar surface area (TPSA) is 87.6 Å². The van der Waals surface area contributed by atoms with Crippen molar-refractivity contribution in [3.63, 3.8) is 0 Å². The quantitative estimate of drug-likeness (QED) is 0.285. The first-order valence-electron chi connectivity index (χ1n) is 9.59. The van der Waals surface area contributed by atoms with Gasteiger partial charge in [0.15, 0.2) is 0 Å². The van der Waals surface area contributed by atoms with Gasteiger partial charge in [-0.15, -0.1) is 0 Å². The highest BCUT2D eigenvalue weighted by Crippen LogP contribution is 2.37. The van der Waals surface area contributed by atoms with E-state index in [1.165, 1.54) is 6.07 Å². The minimum Gasteiger partial charge on any atom is -0.360 e. The van der Waals surface area contributed by atoms with Crippen LogP contribution in [0.2, 0.25) is 0 Å². The lowest BCUT2D eigenvalue weighted by Crippen LogP contribution is -1.92. The van der Waals surface area contributed by atoms with Gasteiger partial charge in [-0.1, -0.05) is 54.6 Å². The fourth-order valence-corrected chi connectivity index (χ4v) is 3.76. The van der Waals surface area contributed by atoms with Gasteiger partial charge in [0.25, 0.3) is 5.69 Å². The van der Waals surface area contributed by atoms with Gasteiger partial charge >= 0.3 is 0 Å². The minimum atomic E-state index is -0.373. The van der Waals surface area contributed by atoms with Gasteiger partial charge in [-0.2, -0.15) is 0 Å². The molecule has 3 aromatic carbocycles. The highest BCUT2D eigenvalue weighted by molar-refractivity contribution is 5.95. The Kier molecular flexibility index (Phi) is 4.17. The summed E-state index contributed by atoms with van der Waals surface area (Å²) in [7, 11) is 0. The lowest BCUT2D eigenvalue weighted by Gasteiger charge is -2.06. The van der Waals surface area contributed by atoms with Crippen LogP contribution in [0.25, 0.3) is 44.8 Å². The summed E-state index contributed by atoms with van der Waals surface area (Å²) in [4.78, 5) is 22.6. The highest BCUT2D eigenvalue weighted by Gasteiger charge is 2.20. The number of nitro groups is 1. The Labute approximate surface area is 172 Å². The first-order chi connectivity index (χ1) is 14.6. The molecule has 0 atom stereocenters. The van der Waals surface area contributed by atoms with Crippen LogP contribution < -0.4 is 0 Å². The smallest absolute Gasteiger partial charge is 0.270 e. The normalized spacial score (nSPS) is 11.1. The van der Waals surface area contributed by atoms with Crippen LogP contribution in [-0.4, -0.2) is 19.9 Å². The van der Waals surface area contributed by atoms with Crippen LogP contribution in [0.4, 0.5) is 5.69 Å². The molecule has 0 saturated carbocycles. The molecule has 146 valence electrons. The van der Waals surface area contributed by atoms with E-state index in [9.17, 15) is 10.1 Å². The average Bonchev–Trinajstić information content (AvgIpc) is 3.39. The first kappa shape index (κ1) is 17.9. The third-order valence-electron chi connectivity index (χ3n) is 5.30. The third-order valence-corrected chi connectivity index (χ3v) is 5.30. The molecule has 0 radical (unpaired) electrons. The van der Waals surface area contributed by atoms with Crippen LogP contribution in [0, 0.1) is 17.0 Å². The number of imidazole rings is 1. The fourth-order valence-electron chi connectivity index (χ4n) is 3.76. The molecule has 30 heavy (non-hydrogen) atoms. The molecule has 5 rings (SSSR count). The van der Waals surface area contributed by atoms with E-state index in [2.05, 4.69) is 9.97 Å². The molecular weight excluding hydrogens is 376 g/mol. The maximum absolute atomic E-state index is 11.4. The summed E-state index contributed by atoms with van der Waals surface area (Å²) in [5, 5.41) is 12.4. The summed E-state index contributed by atoms with van der Waals surface area (Å²) in [6.45, 7) is 1.94. The van der Waals surface area contributed by atoms with Crippen molar-refractivity contribution in [3.8, 4) is 33.9 Å². The van der Waals surface area contributed by atoms with Crippen molar-refractivity contribution in [1.82, 2.24) is 15.0 Å². The van der Waals surface area contributed by atoms with E-state index in [0.29, 0.717) is 5.82 Å². The Morgan fingerprint density at radius 2 is 1.70 bits per heavy atom. The van der Waals surface area contributed by atoms with Crippen LogP contribution in [0.5, 0.6) is 0 Å². The maximum Gasteiger partial charge on any atom is 0.270 e. The van der Waals surface area contributed by atoms with Crippen molar-refractivity contribution >= 4 is 16.6 Å². The molecule has 0 saturated heterocycles. The number of non-ortho nitro benzene ring substituents is 1. The van der Waals surface area contributed by atoms with Gasteiger partial charge in [-0.25, -0.2) is 4.98 Å². The second-order valence-corrected chi connectivity index (χ2v) is 7.18. The molecule has 6 nitrogen and oxygen atoms in total. The van der Waals surface area contributed by atoms with Gasteiger partial charge in [-0.05, 0) is 18.6 Å². The van der Waals surface area contributed by atoms with Crippen molar-refractivity contribution in [2.24, 2.45) is 0 Å². The molecule has 0 spiro atoms. The standard InChI is InChI=1S/C24H18N4O2/c1-15-11-12-17(28(29)30)13-19(15)23-22(16-7-3-2-4-8-16)26-24(27-23)20-14-25-21-10-6-5-9-18(20)21/h2-14,25H,1H3,(H,26,27). The van der Waals surface area contributed by atoms with Crippen LogP contribution in [0.3, 0.4) is 0 Å². The lowest BCUT2D eigenvalue weighted by atomic mass is 10.0. The number of fused-ring (bicyclic) bond motifs is 1. The van der Waals surface area contributed by atoms with Crippen molar-refractivity contribution < 1.29 is 4.92 Å². The number of rotatable bonds is 4. The second-order valence-electron chi connectivity index (χ2n) is 7.18. The van der Waals surface area contributed by atoms with E-state index >= 15 is 0 Å². The van der Waals surface area contributed by atoms with E-state index in [4.69, 9.17) is 4.98 Å². The van der Waals surface area contributed by atoms with E-state index in [0.717, 1.165) is 44.5 Å². The summed E-state index contributed by atoms with van der Waals surface area (Å²) >= 11 is 0. The fraction of sp³-hybridized carbons (Fsp3) is 0.0417. The summed E-state index contributed by atoms with van der Waals surface area (Å²) in [5.74, 6) is 0.715. The van der Waals surface area contributed by atoms with E-state index < -0.39 is 0 Å². The van der Waals surface area contributed by atoms with E-state index in [1.807, 2.05) is 67.7 Å². The molecule has 0 aliphatic carbocycles. The number of benzene rings is 3. The van der Waals surface area contributed by atoms with Gasteiger partial charge in [0.2, 0.25) is 0 Å². The summed E-state index contributed by atoms with van der Waals surface area (Å²) < 4.78 is 0. The Balaban J connectivity index is 1.77. The van der Waals surface area contributed by atoms with Crippen molar-refractivity contribution in [3.05, 3.63) is 94.7 Å². The average molecular weight is 394 g/mol. The number of hydrogen-bond donors (Lipinski definition) is 2. The molecule has 0 bridgehead atoms. The van der Waals surface area contributed by atoms with Crippen LogP contribution >= 0.6 is 0 Å². The lowest BCUT2D eigenvalue weighted by molar-refractivity contribution is -0.384. The molecule has 0 aliphatic rings. The predicted molar refractivity (Wildman–Crippen MR) is 118 cm³/mol. The van der Waals surface area contributed by atoms with Crippen molar-refractivity contribution in [2.45, 2.75) is 6.92 Å². The number of hydrogen-bond acceptors (Lipinski definition) is 3. The van der Waals surface area contributed by atoms with Crippen LogP contribution in [0.1, 0.15) is 5.56 Å². The predicted octanol–water partition coefficient (Wildman–Crippen LogP) is 6.11. The Hall–Kier alpha value is -4.19.